The first-order valence-electron chi connectivity index (χ1n) is 7.28. The summed E-state index contributed by atoms with van der Waals surface area (Å²) in [5, 5.41) is 3.47. The third-order valence-corrected chi connectivity index (χ3v) is 3.94. The van der Waals surface area contributed by atoms with E-state index in [1.807, 2.05) is 18.2 Å². The lowest BCUT2D eigenvalue weighted by Crippen LogP contribution is -2.54. The second kappa shape index (κ2) is 7.04. The molecule has 0 bridgehead atoms. The number of hydrogen-bond donors (Lipinski definition) is 1. The zero-order valence-electron chi connectivity index (χ0n) is 12.0. The fraction of sp³-hybridized carbons (Fsp3) is 0.625. The number of benzene rings is 1. The molecule has 0 spiro atoms. The van der Waals surface area contributed by atoms with E-state index in [1.165, 1.54) is 5.56 Å². The Kier molecular flexibility index (Phi) is 5.37. The van der Waals surface area contributed by atoms with E-state index in [4.69, 9.17) is 9.47 Å². The third-order valence-electron chi connectivity index (χ3n) is 3.94. The Morgan fingerprint density at radius 1 is 1.26 bits per heavy atom. The van der Waals surface area contributed by atoms with Crippen LogP contribution in [0, 0.1) is 0 Å². The molecule has 1 atom stereocenters. The summed E-state index contributed by atoms with van der Waals surface area (Å²) in [7, 11) is 0. The number of ether oxygens (including phenoxy) is 2. The van der Waals surface area contributed by atoms with Crippen molar-refractivity contribution < 1.29 is 9.47 Å². The van der Waals surface area contributed by atoms with E-state index in [1.54, 1.807) is 0 Å². The molecule has 0 radical (unpaired) electrons. The van der Waals surface area contributed by atoms with Crippen LogP contribution in [0.2, 0.25) is 0 Å². The monoisotopic (exact) mass is 263 g/mol. The Bertz CT molecular complexity index is 362. The second-order valence-corrected chi connectivity index (χ2v) is 5.26. The zero-order chi connectivity index (χ0) is 13.6. The average Bonchev–Trinajstić information content (AvgIpc) is 2.48. The van der Waals surface area contributed by atoms with Gasteiger partial charge in [0.1, 0.15) is 0 Å². The first-order chi connectivity index (χ1) is 9.28. The fourth-order valence-electron chi connectivity index (χ4n) is 2.54. The highest BCUT2D eigenvalue weighted by molar-refractivity contribution is 5.13. The topological polar surface area (TPSA) is 30.5 Å². The number of nitrogens with one attached hydrogen (secondary N) is 1. The lowest BCUT2D eigenvalue weighted by Gasteiger charge is -2.40. The Hall–Kier alpha value is -0.900. The smallest absolute Gasteiger partial charge is 0.0940 e. The summed E-state index contributed by atoms with van der Waals surface area (Å²) >= 11 is 0. The molecular formula is C16H25NO2. The molecule has 106 valence electrons. The highest BCUT2D eigenvalue weighted by Gasteiger charge is 2.33. The minimum absolute atomic E-state index is 0.000969. The molecule has 3 nitrogen and oxygen atoms in total. The SMILES string of the molecule is CCC1(CC)CNCC(COCc2ccccc2)O1. The van der Waals surface area contributed by atoms with Crippen LogP contribution in [0.25, 0.3) is 0 Å². The maximum atomic E-state index is 6.22. The van der Waals surface area contributed by atoms with E-state index in [9.17, 15) is 0 Å². The molecular weight excluding hydrogens is 238 g/mol. The summed E-state index contributed by atoms with van der Waals surface area (Å²) in [6.07, 6.45) is 2.26. The van der Waals surface area contributed by atoms with Crippen LogP contribution in [0.4, 0.5) is 0 Å². The molecule has 0 saturated carbocycles. The van der Waals surface area contributed by atoms with E-state index < -0.39 is 0 Å². The van der Waals surface area contributed by atoms with Gasteiger partial charge in [0.25, 0.3) is 0 Å². The maximum Gasteiger partial charge on any atom is 0.0940 e. The van der Waals surface area contributed by atoms with Crippen LogP contribution in [0.3, 0.4) is 0 Å². The molecule has 0 aromatic heterocycles. The molecule has 1 fully saturated rings. The van der Waals surface area contributed by atoms with Crippen LogP contribution in [-0.2, 0) is 16.1 Å². The van der Waals surface area contributed by atoms with E-state index in [0.717, 1.165) is 25.9 Å². The van der Waals surface area contributed by atoms with Crippen molar-refractivity contribution in [1.29, 1.82) is 0 Å². The summed E-state index contributed by atoms with van der Waals surface area (Å²) in [6, 6.07) is 10.3. The van der Waals surface area contributed by atoms with Crippen molar-refractivity contribution in [3.8, 4) is 0 Å². The van der Waals surface area contributed by atoms with Gasteiger partial charge in [-0.25, -0.2) is 0 Å². The lowest BCUT2D eigenvalue weighted by atomic mass is 9.95. The van der Waals surface area contributed by atoms with E-state index in [2.05, 4.69) is 31.3 Å². The minimum Gasteiger partial charge on any atom is -0.374 e. The van der Waals surface area contributed by atoms with Gasteiger partial charge in [-0.1, -0.05) is 44.2 Å². The molecule has 1 saturated heterocycles. The summed E-state index contributed by atoms with van der Waals surface area (Å²) in [5.74, 6) is 0. The van der Waals surface area contributed by atoms with Crippen molar-refractivity contribution in [3.05, 3.63) is 35.9 Å². The fourth-order valence-corrected chi connectivity index (χ4v) is 2.54. The van der Waals surface area contributed by atoms with Gasteiger partial charge in [0, 0.05) is 13.1 Å². The van der Waals surface area contributed by atoms with E-state index >= 15 is 0 Å². The molecule has 1 heterocycles. The molecule has 0 aliphatic carbocycles. The zero-order valence-corrected chi connectivity index (χ0v) is 12.0. The normalized spacial score (nSPS) is 22.3. The van der Waals surface area contributed by atoms with E-state index in [0.29, 0.717) is 13.2 Å². The van der Waals surface area contributed by atoms with Gasteiger partial charge in [-0.2, -0.15) is 0 Å². The van der Waals surface area contributed by atoms with Crippen molar-refractivity contribution in [2.75, 3.05) is 19.7 Å². The van der Waals surface area contributed by atoms with Crippen LogP contribution in [0.5, 0.6) is 0 Å². The molecule has 3 heteroatoms. The van der Waals surface area contributed by atoms with Crippen molar-refractivity contribution in [2.45, 2.75) is 45.0 Å². The van der Waals surface area contributed by atoms with Gasteiger partial charge in [-0.15, -0.1) is 0 Å². The van der Waals surface area contributed by atoms with Gasteiger partial charge in [-0.3, -0.25) is 0 Å². The molecule has 1 aliphatic heterocycles. The van der Waals surface area contributed by atoms with Gasteiger partial charge >= 0.3 is 0 Å². The highest BCUT2D eigenvalue weighted by atomic mass is 16.5. The van der Waals surface area contributed by atoms with Crippen LogP contribution in [-0.4, -0.2) is 31.4 Å². The third kappa shape index (κ3) is 4.03. The Labute approximate surface area is 116 Å². The van der Waals surface area contributed by atoms with Crippen molar-refractivity contribution in [3.63, 3.8) is 0 Å². The lowest BCUT2D eigenvalue weighted by molar-refractivity contribution is -0.143. The van der Waals surface area contributed by atoms with Crippen molar-refractivity contribution in [1.82, 2.24) is 5.32 Å². The summed E-state index contributed by atoms with van der Waals surface area (Å²) in [6.45, 7) is 7.54. The maximum absolute atomic E-state index is 6.22. The number of hydrogen-bond acceptors (Lipinski definition) is 3. The molecule has 1 unspecified atom stereocenters. The Morgan fingerprint density at radius 2 is 2.00 bits per heavy atom. The van der Waals surface area contributed by atoms with Crippen LogP contribution in [0.15, 0.2) is 30.3 Å². The molecule has 1 aromatic carbocycles. The average molecular weight is 263 g/mol. The van der Waals surface area contributed by atoms with Crippen LogP contribution in [0.1, 0.15) is 32.3 Å². The molecule has 1 aromatic rings. The minimum atomic E-state index is -0.000969. The predicted molar refractivity (Wildman–Crippen MR) is 77.2 cm³/mol. The van der Waals surface area contributed by atoms with Crippen molar-refractivity contribution >= 4 is 0 Å². The summed E-state index contributed by atoms with van der Waals surface area (Å²) in [4.78, 5) is 0. The first-order valence-corrected chi connectivity index (χ1v) is 7.28. The highest BCUT2D eigenvalue weighted by Crippen LogP contribution is 2.24. The molecule has 2 rings (SSSR count). The van der Waals surface area contributed by atoms with E-state index in [-0.39, 0.29) is 11.7 Å². The summed E-state index contributed by atoms with van der Waals surface area (Å²) < 4.78 is 12.0. The van der Waals surface area contributed by atoms with Crippen LogP contribution < -0.4 is 5.32 Å². The Balaban J connectivity index is 1.77. The number of morpholine rings is 1. The molecule has 19 heavy (non-hydrogen) atoms. The first kappa shape index (κ1) is 14.5. The van der Waals surface area contributed by atoms with Crippen LogP contribution >= 0.6 is 0 Å². The van der Waals surface area contributed by atoms with Gasteiger partial charge < -0.3 is 14.8 Å². The predicted octanol–water partition coefficient (Wildman–Crippen LogP) is 2.75. The molecule has 1 aliphatic rings. The second-order valence-electron chi connectivity index (χ2n) is 5.26. The largest absolute Gasteiger partial charge is 0.374 e. The van der Waals surface area contributed by atoms with Gasteiger partial charge in [0.15, 0.2) is 0 Å². The van der Waals surface area contributed by atoms with Crippen molar-refractivity contribution in [2.24, 2.45) is 0 Å². The quantitative estimate of drug-likeness (QED) is 0.856. The number of rotatable bonds is 6. The standard InChI is InChI=1S/C16H25NO2/c1-3-16(4-2)13-17-10-15(19-16)12-18-11-14-8-6-5-7-9-14/h5-9,15,17H,3-4,10-13H2,1-2H3. The van der Waals surface area contributed by atoms with Gasteiger partial charge in [-0.05, 0) is 18.4 Å². The van der Waals surface area contributed by atoms with Gasteiger partial charge in [0.2, 0.25) is 0 Å². The van der Waals surface area contributed by atoms with Gasteiger partial charge in [0.05, 0.1) is 24.9 Å². The Morgan fingerprint density at radius 3 is 2.68 bits per heavy atom. The molecule has 1 N–H and O–H groups in total. The summed E-state index contributed by atoms with van der Waals surface area (Å²) in [5.41, 5.74) is 1.21. The molecule has 0 amide bonds.